The Morgan fingerprint density at radius 3 is 2.10 bits per heavy atom. The molecule has 0 saturated carbocycles. The average molecular weight is 159 g/mol. The number of hydrogen-bond donors (Lipinski definition) is 0. The average Bonchev–Trinajstić information content (AvgIpc) is 1.88. The maximum atomic E-state index is 12.1. The van der Waals surface area contributed by atoms with Crippen molar-refractivity contribution in [2.75, 3.05) is 0 Å². The lowest BCUT2D eigenvalue weighted by molar-refractivity contribution is 0.473. The Balaban J connectivity index is 3.00. The van der Waals surface area contributed by atoms with Crippen molar-refractivity contribution in [3.8, 4) is 0 Å². The Hall–Kier alpha value is -0.740. The second kappa shape index (κ2) is 2.90. The van der Waals surface area contributed by atoms with Crippen molar-refractivity contribution in [1.82, 2.24) is 0 Å². The van der Waals surface area contributed by atoms with E-state index in [1.807, 2.05) is 0 Å². The standard InChI is InChI=1S/C6H4FO2S/c7-5-1-3-6(4-2-5)10(8)9/h1-4H. The van der Waals surface area contributed by atoms with Crippen LogP contribution in [0.5, 0.6) is 0 Å². The van der Waals surface area contributed by atoms with E-state index in [1.54, 1.807) is 0 Å². The molecular formula is C6H4FO2S. The lowest BCUT2D eigenvalue weighted by Crippen LogP contribution is -1.85. The number of halogens is 1. The summed E-state index contributed by atoms with van der Waals surface area (Å²) in [6, 6.07) is 4.62. The Kier molecular flexibility index (Phi) is 2.13. The lowest BCUT2D eigenvalue weighted by atomic mass is 10.4. The van der Waals surface area contributed by atoms with Crippen LogP contribution in [-0.2, 0) is 15.6 Å². The lowest BCUT2D eigenvalue weighted by Gasteiger charge is -1.89. The molecule has 1 atom stereocenters. The summed E-state index contributed by atoms with van der Waals surface area (Å²) in [5.74, 6) is -0.436. The largest absolute Gasteiger partial charge is 0.221 e. The van der Waals surface area contributed by atoms with Gasteiger partial charge in [0.25, 0.3) is 0 Å². The summed E-state index contributed by atoms with van der Waals surface area (Å²) in [5, 5.41) is 0. The van der Waals surface area contributed by atoms with Crippen molar-refractivity contribution < 1.29 is 13.2 Å². The molecule has 0 heterocycles. The van der Waals surface area contributed by atoms with Gasteiger partial charge in [-0.1, -0.05) is 0 Å². The van der Waals surface area contributed by atoms with Crippen LogP contribution in [0.3, 0.4) is 0 Å². The smallest absolute Gasteiger partial charge is 0.221 e. The van der Waals surface area contributed by atoms with Crippen LogP contribution in [0.1, 0.15) is 0 Å². The maximum absolute atomic E-state index is 12.1. The van der Waals surface area contributed by atoms with Gasteiger partial charge >= 0.3 is 0 Å². The van der Waals surface area contributed by atoms with Crippen molar-refractivity contribution in [3.05, 3.63) is 30.1 Å². The molecule has 0 N–H and O–H groups in total. The SMILES string of the molecule is [O]S(=O)c1ccc(F)cc1. The molecule has 0 aliphatic heterocycles. The predicted molar refractivity (Wildman–Crippen MR) is 33.5 cm³/mol. The first-order chi connectivity index (χ1) is 4.70. The van der Waals surface area contributed by atoms with Crippen LogP contribution >= 0.6 is 0 Å². The van der Waals surface area contributed by atoms with Gasteiger partial charge < -0.3 is 0 Å². The molecule has 0 fully saturated rings. The summed E-state index contributed by atoms with van der Waals surface area (Å²) in [4.78, 5) is 0.0985. The van der Waals surface area contributed by atoms with Gasteiger partial charge in [0.1, 0.15) is 5.82 Å². The van der Waals surface area contributed by atoms with Crippen molar-refractivity contribution >= 4 is 11.1 Å². The van der Waals surface area contributed by atoms with Gasteiger partial charge in [-0.3, -0.25) is 0 Å². The van der Waals surface area contributed by atoms with Crippen LogP contribution in [0.25, 0.3) is 0 Å². The Morgan fingerprint density at radius 2 is 1.70 bits per heavy atom. The Morgan fingerprint density at radius 1 is 1.20 bits per heavy atom. The third-order valence-electron chi connectivity index (χ3n) is 1.01. The summed E-state index contributed by atoms with van der Waals surface area (Å²) in [7, 11) is 0. The second-order valence-corrected chi connectivity index (χ2v) is 2.63. The molecule has 1 rings (SSSR count). The summed E-state index contributed by atoms with van der Waals surface area (Å²) in [6.45, 7) is 0. The maximum Gasteiger partial charge on any atom is 0.221 e. The van der Waals surface area contributed by atoms with Gasteiger partial charge in [-0.25, -0.2) is 8.60 Å². The molecular weight excluding hydrogens is 155 g/mol. The van der Waals surface area contributed by atoms with Gasteiger partial charge in [-0.15, -0.1) is 4.55 Å². The van der Waals surface area contributed by atoms with Crippen LogP contribution in [0.2, 0.25) is 0 Å². The van der Waals surface area contributed by atoms with Crippen molar-refractivity contribution in [1.29, 1.82) is 0 Å². The van der Waals surface area contributed by atoms with Gasteiger partial charge in [0.2, 0.25) is 11.1 Å². The molecule has 0 bridgehead atoms. The first kappa shape index (κ1) is 7.37. The minimum absolute atomic E-state index is 0.0985. The van der Waals surface area contributed by atoms with E-state index in [2.05, 4.69) is 0 Å². The van der Waals surface area contributed by atoms with Crippen LogP contribution in [0.4, 0.5) is 4.39 Å². The van der Waals surface area contributed by atoms with Crippen LogP contribution in [0, 0.1) is 5.82 Å². The van der Waals surface area contributed by atoms with E-state index in [4.69, 9.17) is 0 Å². The first-order valence-electron chi connectivity index (χ1n) is 2.55. The summed E-state index contributed by atoms with van der Waals surface area (Å²) in [5.41, 5.74) is 0. The van der Waals surface area contributed by atoms with E-state index >= 15 is 0 Å². The molecule has 1 unspecified atom stereocenters. The minimum Gasteiger partial charge on any atom is -0.221 e. The summed E-state index contributed by atoms with van der Waals surface area (Å²) < 4.78 is 32.5. The van der Waals surface area contributed by atoms with Gasteiger partial charge in [-0.05, 0) is 24.3 Å². The fourth-order valence-corrected chi connectivity index (χ4v) is 0.904. The predicted octanol–water partition coefficient (Wildman–Crippen LogP) is 1.28. The highest BCUT2D eigenvalue weighted by Gasteiger charge is 1.99. The number of benzene rings is 1. The highest BCUT2D eigenvalue weighted by atomic mass is 32.2. The second-order valence-electron chi connectivity index (χ2n) is 1.69. The highest BCUT2D eigenvalue weighted by molar-refractivity contribution is 7.79. The van der Waals surface area contributed by atoms with E-state index in [1.165, 1.54) is 12.1 Å². The minimum atomic E-state index is -2.25. The van der Waals surface area contributed by atoms with E-state index in [0.717, 1.165) is 12.1 Å². The zero-order chi connectivity index (χ0) is 7.56. The molecule has 0 amide bonds. The van der Waals surface area contributed by atoms with Crippen LogP contribution in [-0.4, -0.2) is 4.21 Å². The fourth-order valence-electron chi connectivity index (χ4n) is 0.546. The van der Waals surface area contributed by atoms with Gasteiger partial charge in [0.05, 0.1) is 4.90 Å². The van der Waals surface area contributed by atoms with E-state index in [0.29, 0.717) is 0 Å². The first-order valence-corrected chi connectivity index (χ1v) is 3.62. The van der Waals surface area contributed by atoms with Crippen LogP contribution < -0.4 is 0 Å². The molecule has 0 saturated heterocycles. The molecule has 1 aromatic rings. The highest BCUT2D eigenvalue weighted by Crippen LogP contribution is 2.05. The Labute approximate surface area is 60.0 Å². The third kappa shape index (κ3) is 1.62. The Bertz CT molecular complexity index is 244. The fraction of sp³-hybridized carbons (Fsp3) is 0. The van der Waals surface area contributed by atoms with Crippen molar-refractivity contribution in [3.63, 3.8) is 0 Å². The summed E-state index contributed by atoms with van der Waals surface area (Å²) >= 11 is -2.25. The normalized spacial score (nSPS) is 13.0. The zero-order valence-corrected chi connectivity index (χ0v) is 5.73. The summed E-state index contributed by atoms with van der Waals surface area (Å²) in [6.07, 6.45) is 0. The van der Waals surface area contributed by atoms with Gasteiger partial charge in [0.15, 0.2) is 0 Å². The molecule has 53 valence electrons. The molecule has 0 spiro atoms. The molecule has 0 aliphatic rings. The molecule has 4 heteroatoms. The monoisotopic (exact) mass is 159 g/mol. The topological polar surface area (TPSA) is 37.0 Å². The van der Waals surface area contributed by atoms with Gasteiger partial charge in [0, 0.05) is 0 Å². The van der Waals surface area contributed by atoms with Crippen molar-refractivity contribution in [2.24, 2.45) is 0 Å². The van der Waals surface area contributed by atoms with Gasteiger partial charge in [-0.2, -0.15) is 0 Å². The number of hydrogen-bond acceptors (Lipinski definition) is 1. The third-order valence-corrected chi connectivity index (χ3v) is 1.66. The van der Waals surface area contributed by atoms with Crippen LogP contribution in [0.15, 0.2) is 29.2 Å². The van der Waals surface area contributed by atoms with E-state index < -0.39 is 16.9 Å². The molecule has 2 nitrogen and oxygen atoms in total. The molecule has 1 aromatic carbocycles. The quantitative estimate of drug-likeness (QED) is 0.608. The molecule has 1 radical (unpaired) electrons. The number of rotatable bonds is 1. The molecule has 0 aliphatic carbocycles. The molecule has 0 aromatic heterocycles. The molecule has 10 heavy (non-hydrogen) atoms. The zero-order valence-electron chi connectivity index (χ0n) is 4.91. The van der Waals surface area contributed by atoms with Crippen molar-refractivity contribution in [2.45, 2.75) is 4.90 Å². The van der Waals surface area contributed by atoms with E-state index in [9.17, 15) is 13.2 Å². The van der Waals surface area contributed by atoms with E-state index in [-0.39, 0.29) is 4.90 Å².